The van der Waals surface area contributed by atoms with E-state index in [9.17, 15) is 4.39 Å². The van der Waals surface area contributed by atoms with Crippen LogP contribution < -0.4 is 0 Å². The van der Waals surface area contributed by atoms with E-state index in [0.717, 1.165) is 15.6 Å². The first-order chi connectivity index (χ1) is 6.13. The minimum Gasteiger partial charge on any atom is -0.344 e. The Bertz CT molecular complexity index is 473. The van der Waals surface area contributed by atoms with Crippen LogP contribution in [0.1, 0.15) is 5.69 Å². The summed E-state index contributed by atoms with van der Waals surface area (Å²) in [5, 5.41) is 0.931. The van der Waals surface area contributed by atoms with E-state index in [1.54, 1.807) is 6.07 Å². The number of nitrogens with zero attached hydrogens (tertiary/aromatic N) is 1. The van der Waals surface area contributed by atoms with Crippen LogP contribution in [0.4, 0.5) is 4.39 Å². The average Bonchev–Trinajstić information content (AvgIpc) is 2.33. The Morgan fingerprint density at radius 3 is 2.69 bits per heavy atom. The number of rotatable bonds is 0. The van der Waals surface area contributed by atoms with Crippen LogP contribution in [0, 0.1) is 12.7 Å². The molecule has 1 nitrogen and oxygen atoms in total. The van der Waals surface area contributed by atoms with Crippen LogP contribution in [0.3, 0.4) is 0 Å². The van der Waals surface area contributed by atoms with Crippen LogP contribution in [0.5, 0.6) is 0 Å². The Hall–Kier alpha value is -0.830. The molecule has 0 spiro atoms. The van der Waals surface area contributed by atoms with Gasteiger partial charge in [-0.3, -0.25) is 0 Å². The lowest BCUT2D eigenvalue weighted by molar-refractivity contribution is 0.631. The number of aryl methyl sites for hydroxylation is 1. The van der Waals surface area contributed by atoms with Gasteiger partial charge in [0.2, 0.25) is 0 Å². The van der Waals surface area contributed by atoms with E-state index in [4.69, 9.17) is 0 Å². The molecular formula is C10H9BrFN. The van der Waals surface area contributed by atoms with Gasteiger partial charge in [0.1, 0.15) is 5.82 Å². The molecule has 0 atom stereocenters. The molecule has 2 rings (SSSR count). The molecule has 1 heterocycles. The van der Waals surface area contributed by atoms with E-state index in [1.807, 2.05) is 24.6 Å². The number of aromatic nitrogens is 1. The van der Waals surface area contributed by atoms with Crippen LogP contribution in [0.2, 0.25) is 0 Å². The summed E-state index contributed by atoms with van der Waals surface area (Å²) in [7, 11) is 1.87. The van der Waals surface area contributed by atoms with Crippen molar-refractivity contribution in [3.8, 4) is 0 Å². The molecule has 1 aromatic heterocycles. The number of halogens is 2. The van der Waals surface area contributed by atoms with Crippen molar-refractivity contribution in [2.75, 3.05) is 0 Å². The van der Waals surface area contributed by atoms with Crippen molar-refractivity contribution in [1.29, 1.82) is 0 Å². The second kappa shape index (κ2) is 2.84. The molecule has 0 saturated carbocycles. The highest BCUT2D eigenvalue weighted by atomic mass is 79.9. The Kier molecular flexibility index (Phi) is 1.91. The largest absolute Gasteiger partial charge is 0.344 e. The minimum absolute atomic E-state index is 0.172. The maximum Gasteiger partial charge on any atom is 0.147 e. The van der Waals surface area contributed by atoms with Crippen LogP contribution >= 0.6 is 15.9 Å². The smallest absolute Gasteiger partial charge is 0.147 e. The van der Waals surface area contributed by atoms with Crippen molar-refractivity contribution in [3.05, 3.63) is 34.2 Å². The Morgan fingerprint density at radius 2 is 2.08 bits per heavy atom. The van der Waals surface area contributed by atoms with Gasteiger partial charge in [0.25, 0.3) is 0 Å². The zero-order chi connectivity index (χ0) is 9.59. The van der Waals surface area contributed by atoms with Crippen LogP contribution in [0.15, 0.2) is 22.7 Å². The van der Waals surface area contributed by atoms with Crippen molar-refractivity contribution in [2.24, 2.45) is 7.05 Å². The standard InChI is InChI=1S/C10H9BrFN/c1-6-9(11)7-4-3-5-8(12)10(7)13(6)2/h3-5H,1-2H3. The number of fused-ring (bicyclic) bond motifs is 1. The second-order valence-corrected chi connectivity index (χ2v) is 3.89. The predicted octanol–water partition coefficient (Wildman–Crippen LogP) is 3.39. The number of hydrogen-bond donors (Lipinski definition) is 0. The van der Waals surface area contributed by atoms with Gasteiger partial charge in [0.05, 0.1) is 5.52 Å². The van der Waals surface area contributed by atoms with Crippen molar-refractivity contribution in [2.45, 2.75) is 6.92 Å². The maximum absolute atomic E-state index is 13.4. The zero-order valence-electron chi connectivity index (χ0n) is 7.44. The van der Waals surface area contributed by atoms with Crippen molar-refractivity contribution in [3.63, 3.8) is 0 Å². The van der Waals surface area contributed by atoms with Crippen LogP contribution in [-0.2, 0) is 7.05 Å². The number of para-hydroxylation sites is 1. The Labute approximate surface area is 84.3 Å². The van der Waals surface area contributed by atoms with E-state index >= 15 is 0 Å². The lowest BCUT2D eigenvalue weighted by Gasteiger charge is -1.98. The molecular weight excluding hydrogens is 233 g/mol. The first-order valence-corrected chi connectivity index (χ1v) is 4.81. The first kappa shape index (κ1) is 8.75. The molecule has 0 aliphatic rings. The molecule has 0 bridgehead atoms. The van der Waals surface area contributed by atoms with Gasteiger partial charge >= 0.3 is 0 Å². The minimum atomic E-state index is -0.172. The molecule has 68 valence electrons. The molecule has 13 heavy (non-hydrogen) atoms. The average molecular weight is 242 g/mol. The third-order valence-electron chi connectivity index (χ3n) is 2.38. The molecule has 0 saturated heterocycles. The van der Waals surface area contributed by atoms with Gasteiger partial charge in [-0.2, -0.15) is 0 Å². The Balaban J connectivity index is 3.03. The summed E-state index contributed by atoms with van der Waals surface area (Å²) in [6, 6.07) is 5.12. The van der Waals surface area contributed by atoms with E-state index in [2.05, 4.69) is 15.9 Å². The summed E-state index contributed by atoms with van der Waals surface area (Å²) >= 11 is 3.45. The van der Waals surface area contributed by atoms with Gasteiger partial charge in [-0.15, -0.1) is 0 Å². The van der Waals surface area contributed by atoms with E-state index in [0.29, 0.717) is 5.52 Å². The highest BCUT2D eigenvalue weighted by Gasteiger charge is 2.11. The molecule has 0 radical (unpaired) electrons. The van der Waals surface area contributed by atoms with Gasteiger partial charge < -0.3 is 4.57 Å². The summed E-state index contributed by atoms with van der Waals surface area (Å²) in [5.74, 6) is -0.172. The topological polar surface area (TPSA) is 4.93 Å². The molecule has 0 amide bonds. The maximum atomic E-state index is 13.4. The number of hydrogen-bond acceptors (Lipinski definition) is 0. The van der Waals surface area contributed by atoms with E-state index in [1.165, 1.54) is 6.07 Å². The molecule has 0 fully saturated rings. The fourth-order valence-corrected chi connectivity index (χ4v) is 2.13. The first-order valence-electron chi connectivity index (χ1n) is 4.02. The van der Waals surface area contributed by atoms with Gasteiger partial charge in [-0.25, -0.2) is 4.39 Å². The van der Waals surface area contributed by atoms with Crippen LogP contribution in [0.25, 0.3) is 10.9 Å². The molecule has 0 aliphatic carbocycles. The van der Waals surface area contributed by atoms with Gasteiger partial charge in [0, 0.05) is 22.6 Å². The normalized spacial score (nSPS) is 11.1. The summed E-state index contributed by atoms with van der Waals surface area (Å²) in [6.45, 7) is 1.96. The highest BCUT2D eigenvalue weighted by molar-refractivity contribution is 9.10. The van der Waals surface area contributed by atoms with Crippen molar-refractivity contribution < 1.29 is 4.39 Å². The summed E-state index contributed by atoms with van der Waals surface area (Å²) in [5.41, 5.74) is 1.70. The zero-order valence-corrected chi connectivity index (χ0v) is 9.02. The lowest BCUT2D eigenvalue weighted by atomic mass is 10.2. The predicted molar refractivity (Wildman–Crippen MR) is 55.3 cm³/mol. The van der Waals surface area contributed by atoms with Gasteiger partial charge in [-0.1, -0.05) is 12.1 Å². The van der Waals surface area contributed by atoms with Crippen molar-refractivity contribution >= 4 is 26.8 Å². The molecule has 0 unspecified atom stereocenters. The van der Waals surface area contributed by atoms with Gasteiger partial charge in [0.15, 0.2) is 0 Å². The molecule has 1 aromatic carbocycles. The van der Waals surface area contributed by atoms with Crippen LogP contribution in [-0.4, -0.2) is 4.57 Å². The quantitative estimate of drug-likeness (QED) is 0.667. The molecule has 2 aromatic rings. The molecule has 0 N–H and O–H groups in total. The fourth-order valence-electron chi connectivity index (χ4n) is 1.54. The summed E-state index contributed by atoms with van der Waals surface area (Å²) in [4.78, 5) is 0. The lowest BCUT2D eigenvalue weighted by Crippen LogP contribution is -1.91. The molecule has 3 heteroatoms. The number of benzene rings is 1. The SMILES string of the molecule is Cc1c(Br)c2cccc(F)c2n1C. The second-order valence-electron chi connectivity index (χ2n) is 3.09. The van der Waals surface area contributed by atoms with Crippen molar-refractivity contribution in [1.82, 2.24) is 4.57 Å². The fraction of sp³-hybridized carbons (Fsp3) is 0.200. The van der Waals surface area contributed by atoms with Gasteiger partial charge in [-0.05, 0) is 28.9 Å². The highest BCUT2D eigenvalue weighted by Crippen LogP contribution is 2.30. The van der Waals surface area contributed by atoms with E-state index < -0.39 is 0 Å². The molecule has 0 aliphatic heterocycles. The monoisotopic (exact) mass is 241 g/mol. The summed E-state index contributed by atoms with van der Waals surface area (Å²) < 4.78 is 16.2. The Morgan fingerprint density at radius 1 is 1.38 bits per heavy atom. The third kappa shape index (κ3) is 1.10. The third-order valence-corrected chi connectivity index (χ3v) is 3.38. The summed E-state index contributed by atoms with van der Waals surface area (Å²) in [6.07, 6.45) is 0. The van der Waals surface area contributed by atoms with E-state index in [-0.39, 0.29) is 5.82 Å².